The maximum absolute atomic E-state index is 5.23. The van der Waals surface area contributed by atoms with E-state index in [0.717, 1.165) is 28.6 Å². The van der Waals surface area contributed by atoms with E-state index in [-0.39, 0.29) is 0 Å². The van der Waals surface area contributed by atoms with Gasteiger partial charge in [0.1, 0.15) is 5.75 Å². The van der Waals surface area contributed by atoms with Gasteiger partial charge in [0.2, 0.25) is 0 Å². The Morgan fingerprint density at radius 3 is 2.71 bits per heavy atom. The summed E-state index contributed by atoms with van der Waals surface area (Å²) in [6.07, 6.45) is 1.40. The summed E-state index contributed by atoms with van der Waals surface area (Å²) in [7, 11) is 3.89. The van der Waals surface area contributed by atoms with Crippen molar-refractivity contribution in [1.82, 2.24) is 4.90 Å². The van der Waals surface area contributed by atoms with E-state index in [1.807, 2.05) is 6.07 Å². The summed E-state index contributed by atoms with van der Waals surface area (Å²) in [5, 5.41) is 0. The Labute approximate surface area is 112 Å². The van der Waals surface area contributed by atoms with Crippen LogP contribution in [0.15, 0.2) is 22.7 Å². The highest BCUT2D eigenvalue weighted by molar-refractivity contribution is 9.10. The fourth-order valence-corrected chi connectivity index (χ4v) is 2.83. The molecule has 1 aromatic carbocycles. The van der Waals surface area contributed by atoms with Gasteiger partial charge in [0.25, 0.3) is 0 Å². The molecule has 1 saturated carbocycles. The van der Waals surface area contributed by atoms with Crippen molar-refractivity contribution in [2.45, 2.75) is 19.9 Å². The maximum Gasteiger partial charge on any atom is 0.133 e. The van der Waals surface area contributed by atoms with Crippen molar-refractivity contribution in [3.63, 3.8) is 0 Å². The number of hydrogen-bond donors (Lipinski definition) is 0. The molecule has 2 unspecified atom stereocenters. The lowest BCUT2D eigenvalue weighted by atomic mass is 10.2. The minimum Gasteiger partial charge on any atom is -0.496 e. The number of ether oxygens (including phenoxy) is 1. The van der Waals surface area contributed by atoms with Crippen molar-refractivity contribution >= 4 is 15.9 Å². The molecule has 3 heteroatoms. The molecule has 1 aromatic rings. The first-order valence-electron chi connectivity index (χ1n) is 6.11. The van der Waals surface area contributed by atoms with Crippen LogP contribution in [0.1, 0.15) is 18.9 Å². The molecule has 0 aromatic heterocycles. The third-order valence-electron chi connectivity index (χ3n) is 3.49. The number of benzene rings is 1. The number of hydrogen-bond acceptors (Lipinski definition) is 2. The summed E-state index contributed by atoms with van der Waals surface area (Å²) in [4.78, 5) is 2.41. The molecule has 1 aliphatic rings. The molecule has 0 bridgehead atoms. The van der Waals surface area contributed by atoms with E-state index in [4.69, 9.17) is 4.74 Å². The zero-order chi connectivity index (χ0) is 12.4. The zero-order valence-electron chi connectivity index (χ0n) is 10.7. The van der Waals surface area contributed by atoms with Crippen LogP contribution in [0.25, 0.3) is 0 Å². The van der Waals surface area contributed by atoms with Crippen LogP contribution in [0.2, 0.25) is 0 Å². The van der Waals surface area contributed by atoms with Gasteiger partial charge in [-0.2, -0.15) is 0 Å². The molecule has 0 aliphatic heterocycles. The zero-order valence-corrected chi connectivity index (χ0v) is 12.3. The minimum absolute atomic E-state index is 0.896. The van der Waals surface area contributed by atoms with Gasteiger partial charge < -0.3 is 9.64 Å². The van der Waals surface area contributed by atoms with Crippen molar-refractivity contribution in [2.24, 2.45) is 11.8 Å². The highest BCUT2D eigenvalue weighted by Crippen LogP contribution is 2.38. The SMILES string of the molecule is COc1ccc(CN(C)CC2CC2C)cc1Br. The van der Waals surface area contributed by atoms with Gasteiger partial charge in [-0.25, -0.2) is 0 Å². The third-order valence-corrected chi connectivity index (χ3v) is 4.11. The largest absolute Gasteiger partial charge is 0.496 e. The van der Waals surface area contributed by atoms with E-state index in [0.29, 0.717) is 0 Å². The second-order valence-electron chi connectivity index (χ2n) is 5.14. The molecular weight excluding hydrogens is 278 g/mol. The summed E-state index contributed by atoms with van der Waals surface area (Å²) in [6, 6.07) is 6.30. The topological polar surface area (TPSA) is 12.5 Å². The van der Waals surface area contributed by atoms with Crippen LogP contribution in [0, 0.1) is 11.8 Å². The number of rotatable bonds is 5. The van der Waals surface area contributed by atoms with Gasteiger partial charge in [0.05, 0.1) is 11.6 Å². The number of methoxy groups -OCH3 is 1. The van der Waals surface area contributed by atoms with E-state index in [2.05, 4.69) is 46.9 Å². The van der Waals surface area contributed by atoms with Gasteiger partial charge >= 0.3 is 0 Å². The lowest BCUT2D eigenvalue weighted by Gasteiger charge is -2.17. The van der Waals surface area contributed by atoms with Crippen molar-refractivity contribution < 1.29 is 4.74 Å². The molecule has 0 amide bonds. The summed E-state index contributed by atoms with van der Waals surface area (Å²) in [5.41, 5.74) is 1.33. The number of nitrogens with zero attached hydrogens (tertiary/aromatic N) is 1. The first kappa shape index (κ1) is 12.9. The summed E-state index contributed by atoms with van der Waals surface area (Å²) in [6.45, 7) is 4.55. The molecule has 0 saturated heterocycles. The van der Waals surface area contributed by atoms with Crippen LogP contribution in [0.4, 0.5) is 0 Å². The Bertz CT molecular complexity index is 394. The standard InChI is InChI=1S/C14H20BrNO/c1-10-6-12(10)9-16(2)8-11-4-5-14(17-3)13(15)7-11/h4-5,7,10,12H,6,8-9H2,1-3H3. The smallest absolute Gasteiger partial charge is 0.133 e. The molecule has 1 fully saturated rings. The summed E-state index contributed by atoms with van der Waals surface area (Å²) < 4.78 is 6.27. The first-order valence-corrected chi connectivity index (χ1v) is 6.90. The van der Waals surface area contributed by atoms with Crippen molar-refractivity contribution in [3.05, 3.63) is 28.2 Å². The minimum atomic E-state index is 0.896. The van der Waals surface area contributed by atoms with Crippen LogP contribution >= 0.6 is 15.9 Å². The Morgan fingerprint density at radius 1 is 1.47 bits per heavy atom. The summed E-state index contributed by atoms with van der Waals surface area (Å²) >= 11 is 3.53. The van der Waals surface area contributed by atoms with Gasteiger partial charge in [-0.3, -0.25) is 0 Å². The predicted octanol–water partition coefficient (Wildman–Crippen LogP) is 3.55. The van der Waals surface area contributed by atoms with Gasteiger partial charge in [0.15, 0.2) is 0 Å². The Hall–Kier alpha value is -0.540. The first-order chi connectivity index (χ1) is 8.10. The van der Waals surface area contributed by atoms with Gasteiger partial charge in [-0.15, -0.1) is 0 Å². The van der Waals surface area contributed by atoms with Crippen LogP contribution in [-0.4, -0.2) is 25.6 Å². The predicted molar refractivity (Wildman–Crippen MR) is 74.3 cm³/mol. The highest BCUT2D eigenvalue weighted by Gasteiger charge is 2.32. The van der Waals surface area contributed by atoms with E-state index in [9.17, 15) is 0 Å². The molecule has 2 rings (SSSR count). The fraction of sp³-hybridized carbons (Fsp3) is 0.571. The molecule has 94 valence electrons. The van der Waals surface area contributed by atoms with E-state index in [1.165, 1.54) is 18.5 Å². The Morgan fingerprint density at radius 2 is 2.18 bits per heavy atom. The third kappa shape index (κ3) is 3.46. The quantitative estimate of drug-likeness (QED) is 0.824. The molecule has 2 atom stereocenters. The van der Waals surface area contributed by atoms with Gasteiger partial charge in [-0.05, 0) is 58.9 Å². The van der Waals surface area contributed by atoms with Crippen molar-refractivity contribution in [2.75, 3.05) is 20.7 Å². The lowest BCUT2D eigenvalue weighted by Crippen LogP contribution is -2.20. The maximum atomic E-state index is 5.23. The van der Waals surface area contributed by atoms with Crippen LogP contribution in [0.3, 0.4) is 0 Å². The molecule has 17 heavy (non-hydrogen) atoms. The second kappa shape index (κ2) is 5.40. The van der Waals surface area contributed by atoms with E-state index < -0.39 is 0 Å². The van der Waals surface area contributed by atoms with Gasteiger partial charge in [-0.1, -0.05) is 13.0 Å². The van der Waals surface area contributed by atoms with E-state index >= 15 is 0 Å². The Balaban J connectivity index is 1.91. The Kier molecular flexibility index (Phi) is 4.10. The lowest BCUT2D eigenvalue weighted by molar-refractivity contribution is 0.307. The van der Waals surface area contributed by atoms with Crippen molar-refractivity contribution in [3.8, 4) is 5.75 Å². The van der Waals surface area contributed by atoms with E-state index in [1.54, 1.807) is 7.11 Å². The monoisotopic (exact) mass is 297 g/mol. The highest BCUT2D eigenvalue weighted by atomic mass is 79.9. The fourth-order valence-electron chi connectivity index (χ4n) is 2.24. The molecule has 1 aliphatic carbocycles. The summed E-state index contributed by atoms with van der Waals surface area (Å²) in [5.74, 6) is 2.74. The molecule has 0 spiro atoms. The van der Waals surface area contributed by atoms with Crippen LogP contribution in [0.5, 0.6) is 5.75 Å². The molecule has 0 radical (unpaired) electrons. The van der Waals surface area contributed by atoms with Crippen LogP contribution < -0.4 is 4.74 Å². The van der Waals surface area contributed by atoms with Crippen LogP contribution in [-0.2, 0) is 6.54 Å². The van der Waals surface area contributed by atoms with Gasteiger partial charge in [0, 0.05) is 13.1 Å². The second-order valence-corrected chi connectivity index (χ2v) is 5.99. The molecular formula is C14H20BrNO. The molecule has 0 N–H and O–H groups in total. The van der Waals surface area contributed by atoms with Crippen molar-refractivity contribution in [1.29, 1.82) is 0 Å². The number of halogens is 1. The molecule has 0 heterocycles. The molecule has 2 nitrogen and oxygen atoms in total. The average Bonchev–Trinajstić information content (AvgIpc) is 2.94. The normalized spacial score (nSPS) is 22.9. The average molecular weight is 298 g/mol.